The molecule has 0 radical (unpaired) electrons. The molecule has 0 unspecified atom stereocenters. The lowest BCUT2D eigenvalue weighted by atomic mass is 10.0. The van der Waals surface area contributed by atoms with Crippen molar-refractivity contribution in [3.63, 3.8) is 0 Å². The van der Waals surface area contributed by atoms with Crippen LogP contribution >= 0.6 is 15.9 Å². The molecule has 0 atom stereocenters. The lowest BCUT2D eigenvalue weighted by Gasteiger charge is -2.12. The van der Waals surface area contributed by atoms with Gasteiger partial charge in [-0.15, -0.1) is 0 Å². The van der Waals surface area contributed by atoms with E-state index in [0.717, 1.165) is 26.9 Å². The van der Waals surface area contributed by atoms with Crippen molar-refractivity contribution in [3.05, 3.63) is 112 Å². The van der Waals surface area contributed by atoms with Gasteiger partial charge in [-0.1, -0.05) is 88.7 Å². The van der Waals surface area contributed by atoms with Crippen LogP contribution in [-0.2, 0) is 6.61 Å². The van der Waals surface area contributed by atoms with Crippen molar-refractivity contribution in [1.82, 2.24) is 0 Å². The van der Waals surface area contributed by atoms with Crippen LogP contribution < -0.4 is 4.74 Å². The smallest absolute Gasteiger partial charge is 0.127 e. The third-order valence-corrected chi connectivity index (χ3v) is 5.29. The minimum absolute atomic E-state index is 0.465. The number of halogens is 1. The summed E-state index contributed by atoms with van der Waals surface area (Å²) in [6, 6.07) is 32.4. The van der Waals surface area contributed by atoms with Crippen LogP contribution in [0.3, 0.4) is 0 Å². The molecule has 0 fully saturated rings. The van der Waals surface area contributed by atoms with Crippen LogP contribution in [0.5, 0.6) is 5.75 Å². The molecular formula is C26H18BrNO. The van der Waals surface area contributed by atoms with Gasteiger partial charge in [-0.3, -0.25) is 0 Å². The molecule has 140 valence electrons. The molecule has 0 amide bonds. The van der Waals surface area contributed by atoms with Gasteiger partial charge in [0.05, 0.1) is 11.6 Å². The van der Waals surface area contributed by atoms with Crippen LogP contribution in [0.4, 0.5) is 0 Å². The molecule has 4 aromatic carbocycles. The second kappa shape index (κ2) is 8.77. The summed E-state index contributed by atoms with van der Waals surface area (Å²) in [5.74, 6) is 0.755. The molecule has 0 aliphatic carbocycles. The molecule has 0 N–H and O–H groups in total. The van der Waals surface area contributed by atoms with Gasteiger partial charge < -0.3 is 4.74 Å². The first kappa shape index (κ1) is 19.0. The first-order valence-electron chi connectivity index (χ1n) is 9.31. The fourth-order valence-electron chi connectivity index (χ4n) is 3.27. The third-order valence-electron chi connectivity index (χ3n) is 4.76. The van der Waals surface area contributed by atoms with Gasteiger partial charge in [0.25, 0.3) is 0 Å². The van der Waals surface area contributed by atoms with Crippen LogP contribution in [0.25, 0.3) is 22.4 Å². The molecule has 3 heteroatoms. The second-order valence-corrected chi connectivity index (χ2v) is 7.56. The summed E-state index contributed by atoms with van der Waals surface area (Å²) in [6.45, 7) is 0.465. The molecule has 4 aromatic rings. The summed E-state index contributed by atoms with van der Waals surface area (Å²) >= 11 is 3.43. The van der Waals surface area contributed by atoms with Gasteiger partial charge in [-0.2, -0.15) is 5.26 Å². The Balaban J connectivity index is 1.63. The largest absolute Gasteiger partial charge is 0.488 e. The number of benzene rings is 4. The molecule has 0 aromatic heterocycles. The zero-order valence-electron chi connectivity index (χ0n) is 15.7. The van der Waals surface area contributed by atoms with Crippen LogP contribution in [0.15, 0.2) is 95.5 Å². The maximum Gasteiger partial charge on any atom is 0.127 e. The van der Waals surface area contributed by atoms with Crippen molar-refractivity contribution in [2.24, 2.45) is 0 Å². The Bertz CT molecular complexity index is 1210. The molecule has 0 saturated heterocycles. The van der Waals surface area contributed by atoms with Gasteiger partial charge in [-0.05, 0) is 46.2 Å². The van der Waals surface area contributed by atoms with E-state index < -0.39 is 0 Å². The number of fused-ring (bicyclic) bond motifs is 1. The highest BCUT2D eigenvalue weighted by molar-refractivity contribution is 9.10. The summed E-state index contributed by atoms with van der Waals surface area (Å²) in [5.41, 5.74) is 3.49. The van der Waals surface area contributed by atoms with E-state index in [-0.39, 0.29) is 0 Å². The number of nitrogens with zero attached hydrogens (tertiary/aromatic N) is 1. The van der Waals surface area contributed by atoms with Gasteiger partial charge in [0, 0.05) is 10.0 Å². The Kier molecular flexibility index (Phi) is 5.74. The van der Waals surface area contributed by atoms with Crippen molar-refractivity contribution in [3.8, 4) is 11.8 Å². The number of hydrogen-bond donors (Lipinski definition) is 0. The molecule has 0 spiro atoms. The molecule has 2 nitrogen and oxygen atoms in total. The number of para-hydroxylation sites is 1. The van der Waals surface area contributed by atoms with Crippen LogP contribution in [0, 0.1) is 11.3 Å². The van der Waals surface area contributed by atoms with Crippen molar-refractivity contribution >= 4 is 38.4 Å². The van der Waals surface area contributed by atoms with Crippen LogP contribution in [0.2, 0.25) is 0 Å². The second-order valence-electron chi connectivity index (χ2n) is 6.64. The van der Waals surface area contributed by atoms with Gasteiger partial charge >= 0.3 is 0 Å². The van der Waals surface area contributed by atoms with Crippen LogP contribution in [-0.4, -0.2) is 0 Å². The Morgan fingerprint density at radius 1 is 0.862 bits per heavy atom. The summed E-state index contributed by atoms with van der Waals surface area (Å²) in [5, 5.41) is 12.0. The quantitative estimate of drug-likeness (QED) is 0.242. The van der Waals surface area contributed by atoms with E-state index >= 15 is 0 Å². The lowest BCUT2D eigenvalue weighted by Crippen LogP contribution is -1.98. The van der Waals surface area contributed by atoms with E-state index in [1.165, 1.54) is 10.8 Å². The van der Waals surface area contributed by atoms with Gasteiger partial charge in [0.15, 0.2) is 0 Å². The van der Waals surface area contributed by atoms with Crippen molar-refractivity contribution in [1.29, 1.82) is 5.26 Å². The number of hydrogen-bond acceptors (Lipinski definition) is 2. The highest BCUT2D eigenvalue weighted by Crippen LogP contribution is 2.27. The zero-order valence-corrected chi connectivity index (χ0v) is 17.3. The van der Waals surface area contributed by atoms with Crippen molar-refractivity contribution in [2.45, 2.75) is 6.61 Å². The molecule has 0 aliphatic heterocycles. The zero-order chi connectivity index (χ0) is 20.1. The topological polar surface area (TPSA) is 33.0 Å². The molecule has 0 heterocycles. The molecule has 29 heavy (non-hydrogen) atoms. The van der Waals surface area contributed by atoms with Crippen molar-refractivity contribution in [2.75, 3.05) is 0 Å². The first-order chi connectivity index (χ1) is 14.2. The van der Waals surface area contributed by atoms with Crippen molar-refractivity contribution < 1.29 is 4.74 Å². The monoisotopic (exact) mass is 439 g/mol. The minimum Gasteiger partial charge on any atom is -0.488 e. The average molecular weight is 440 g/mol. The van der Waals surface area contributed by atoms with E-state index in [9.17, 15) is 5.26 Å². The maximum atomic E-state index is 9.66. The predicted octanol–water partition coefficient (Wildman–Crippen LogP) is 7.25. The molecule has 0 saturated carbocycles. The third kappa shape index (κ3) is 4.39. The Labute approximate surface area is 178 Å². The van der Waals surface area contributed by atoms with E-state index in [2.05, 4.69) is 46.3 Å². The Morgan fingerprint density at radius 3 is 2.41 bits per heavy atom. The van der Waals surface area contributed by atoms with E-state index in [4.69, 9.17) is 4.74 Å². The van der Waals surface area contributed by atoms with Gasteiger partial charge in [-0.25, -0.2) is 0 Å². The highest BCUT2D eigenvalue weighted by Gasteiger charge is 2.07. The lowest BCUT2D eigenvalue weighted by molar-refractivity contribution is 0.307. The van der Waals surface area contributed by atoms with Crippen LogP contribution in [0.1, 0.15) is 16.7 Å². The maximum absolute atomic E-state index is 9.66. The predicted molar refractivity (Wildman–Crippen MR) is 122 cm³/mol. The standard InChI is InChI=1S/C26H18BrNO/c27-24-14-12-19(13-15-24)23(17-28)16-21-7-2-4-11-26(21)29-18-22-9-5-8-20-6-1-3-10-25(20)22/h1-16H,18H2/b23-16-. The Hall–Kier alpha value is -3.35. The first-order valence-corrected chi connectivity index (χ1v) is 10.1. The number of rotatable bonds is 5. The SMILES string of the molecule is N#C/C(=C/c1ccccc1OCc1cccc2ccccc12)c1ccc(Br)cc1. The number of ether oxygens (including phenoxy) is 1. The summed E-state index contributed by atoms with van der Waals surface area (Å²) in [4.78, 5) is 0. The summed E-state index contributed by atoms with van der Waals surface area (Å²) < 4.78 is 7.15. The molecular weight excluding hydrogens is 422 g/mol. The fraction of sp³-hybridized carbons (Fsp3) is 0.0385. The summed E-state index contributed by atoms with van der Waals surface area (Å²) in [6.07, 6.45) is 1.88. The van der Waals surface area contributed by atoms with E-state index in [1.807, 2.05) is 72.8 Å². The minimum atomic E-state index is 0.465. The normalized spacial score (nSPS) is 11.2. The van der Waals surface area contributed by atoms with E-state index in [0.29, 0.717) is 12.2 Å². The Morgan fingerprint density at radius 2 is 1.59 bits per heavy atom. The summed E-state index contributed by atoms with van der Waals surface area (Å²) in [7, 11) is 0. The molecule has 0 bridgehead atoms. The highest BCUT2D eigenvalue weighted by atomic mass is 79.9. The average Bonchev–Trinajstić information content (AvgIpc) is 2.77. The number of nitriles is 1. The number of allylic oxidation sites excluding steroid dienone is 1. The fourth-order valence-corrected chi connectivity index (χ4v) is 3.53. The van der Waals surface area contributed by atoms with E-state index in [1.54, 1.807) is 0 Å². The molecule has 4 rings (SSSR count). The molecule has 0 aliphatic rings. The van der Waals surface area contributed by atoms with Gasteiger partial charge in [0.2, 0.25) is 0 Å². The van der Waals surface area contributed by atoms with Gasteiger partial charge in [0.1, 0.15) is 12.4 Å².